The molecule has 0 aliphatic heterocycles. The number of ether oxygens (including phenoxy) is 1. The fourth-order valence-electron chi connectivity index (χ4n) is 1.70. The molecule has 1 heterocycles. The van der Waals surface area contributed by atoms with Crippen LogP contribution in [0, 0.1) is 0 Å². The van der Waals surface area contributed by atoms with E-state index in [1.165, 1.54) is 15.3 Å². The molecule has 1 aromatic carbocycles. The summed E-state index contributed by atoms with van der Waals surface area (Å²) in [7, 11) is 0. The Morgan fingerprint density at radius 3 is 2.29 bits per heavy atom. The van der Waals surface area contributed by atoms with Crippen molar-refractivity contribution in [1.82, 2.24) is 0 Å². The molecule has 1 aromatic heterocycles. The van der Waals surface area contributed by atoms with Crippen molar-refractivity contribution in [3.05, 3.63) is 41.3 Å². The zero-order chi connectivity index (χ0) is 12.3. The number of hydrogen-bond acceptors (Lipinski definition) is 2. The molecule has 0 atom stereocenters. The van der Waals surface area contributed by atoms with E-state index in [2.05, 4.69) is 38.1 Å². The number of hydrogen-bond donors (Lipinski definition) is 0. The minimum atomic E-state index is 0.608. The Balaban J connectivity index is 2.21. The van der Waals surface area contributed by atoms with Crippen LogP contribution in [0.1, 0.15) is 31.6 Å². The van der Waals surface area contributed by atoms with Gasteiger partial charge in [0.1, 0.15) is 5.75 Å². The Morgan fingerprint density at radius 1 is 1.06 bits per heavy atom. The first-order valence-electron chi connectivity index (χ1n) is 6.03. The van der Waals surface area contributed by atoms with Crippen LogP contribution in [0.5, 0.6) is 5.75 Å². The molecule has 0 saturated carbocycles. The van der Waals surface area contributed by atoms with E-state index in [0.717, 1.165) is 12.4 Å². The third-order valence-corrected chi connectivity index (χ3v) is 4.08. The van der Waals surface area contributed by atoms with E-state index in [1.54, 1.807) is 0 Å². The maximum absolute atomic E-state index is 5.44. The molecular formula is C15H18OS. The largest absolute Gasteiger partial charge is 0.494 e. The summed E-state index contributed by atoms with van der Waals surface area (Å²) < 4.78 is 5.44. The van der Waals surface area contributed by atoms with Crippen LogP contribution in [0.15, 0.2) is 36.4 Å². The molecule has 0 bridgehead atoms. The van der Waals surface area contributed by atoms with E-state index < -0.39 is 0 Å². The SMILES string of the molecule is CCOc1ccc(-c2ccc(C(C)C)s2)cc1. The van der Waals surface area contributed by atoms with E-state index in [-0.39, 0.29) is 0 Å². The molecule has 17 heavy (non-hydrogen) atoms. The van der Waals surface area contributed by atoms with Crippen molar-refractivity contribution >= 4 is 11.3 Å². The van der Waals surface area contributed by atoms with Gasteiger partial charge in [-0.3, -0.25) is 0 Å². The fraction of sp³-hybridized carbons (Fsp3) is 0.333. The van der Waals surface area contributed by atoms with E-state index in [4.69, 9.17) is 4.74 Å². The molecule has 90 valence electrons. The number of benzene rings is 1. The predicted octanol–water partition coefficient (Wildman–Crippen LogP) is 4.94. The monoisotopic (exact) mass is 246 g/mol. The molecule has 0 N–H and O–H groups in total. The average Bonchev–Trinajstić information content (AvgIpc) is 2.80. The van der Waals surface area contributed by atoms with E-state index in [0.29, 0.717) is 5.92 Å². The van der Waals surface area contributed by atoms with Crippen LogP contribution in [0.3, 0.4) is 0 Å². The van der Waals surface area contributed by atoms with Gasteiger partial charge in [0.2, 0.25) is 0 Å². The molecular weight excluding hydrogens is 228 g/mol. The van der Waals surface area contributed by atoms with Gasteiger partial charge in [0.25, 0.3) is 0 Å². The molecule has 0 aliphatic rings. The lowest BCUT2D eigenvalue weighted by atomic mass is 10.1. The highest BCUT2D eigenvalue weighted by molar-refractivity contribution is 7.15. The van der Waals surface area contributed by atoms with Crippen LogP contribution >= 0.6 is 11.3 Å². The van der Waals surface area contributed by atoms with Crippen LogP contribution in [0.2, 0.25) is 0 Å². The van der Waals surface area contributed by atoms with E-state index in [9.17, 15) is 0 Å². The first kappa shape index (κ1) is 12.2. The highest BCUT2D eigenvalue weighted by Crippen LogP contribution is 2.32. The van der Waals surface area contributed by atoms with Crippen molar-refractivity contribution in [3.63, 3.8) is 0 Å². The normalized spacial score (nSPS) is 10.8. The van der Waals surface area contributed by atoms with Gasteiger partial charge in [-0.15, -0.1) is 11.3 Å². The summed E-state index contributed by atoms with van der Waals surface area (Å²) in [6.45, 7) is 7.18. The van der Waals surface area contributed by atoms with E-state index >= 15 is 0 Å². The minimum Gasteiger partial charge on any atom is -0.494 e. The molecule has 0 unspecified atom stereocenters. The molecule has 0 fully saturated rings. The number of thiophene rings is 1. The topological polar surface area (TPSA) is 9.23 Å². The third-order valence-electron chi connectivity index (χ3n) is 2.65. The van der Waals surface area contributed by atoms with Gasteiger partial charge in [0, 0.05) is 9.75 Å². The second kappa shape index (κ2) is 5.37. The van der Waals surface area contributed by atoms with Crippen molar-refractivity contribution < 1.29 is 4.74 Å². The van der Waals surface area contributed by atoms with Gasteiger partial charge >= 0.3 is 0 Å². The molecule has 0 spiro atoms. The van der Waals surface area contributed by atoms with Crippen LogP contribution < -0.4 is 4.74 Å². The lowest BCUT2D eigenvalue weighted by Crippen LogP contribution is -1.90. The maximum atomic E-state index is 5.44. The van der Waals surface area contributed by atoms with Gasteiger partial charge in [-0.25, -0.2) is 0 Å². The van der Waals surface area contributed by atoms with Crippen molar-refractivity contribution in [2.75, 3.05) is 6.61 Å². The van der Waals surface area contributed by atoms with Crippen LogP contribution in [0.4, 0.5) is 0 Å². The van der Waals surface area contributed by atoms with Crippen molar-refractivity contribution in [2.24, 2.45) is 0 Å². The van der Waals surface area contributed by atoms with Gasteiger partial charge in [-0.2, -0.15) is 0 Å². The summed E-state index contributed by atoms with van der Waals surface area (Å²) in [6, 6.07) is 12.7. The summed E-state index contributed by atoms with van der Waals surface area (Å²) in [4.78, 5) is 2.77. The van der Waals surface area contributed by atoms with Gasteiger partial charge < -0.3 is 4.74 Å². The van der Waals surface area contributed by atoms with Crippen LogP contribution in [-0.4, -0.2) is 6.61 Å². The van der Waals surface area contributed by atoms with Crippen LogP contribution in [0.25, 0.3) is 10.4 Å². The van der Waals surface area contributed by atoms with Crippen molar-refractivity contribution in [1.29, 1.82) is 0 Å². The highest BCUT2D eigenvalue weighted by atomic mass is 32.1. The molecule has 1 nitrogen and oxygen atoms in total. The zero-order valence-corrected chi connectivity index (χ0v) is 11.4. The molecule has 0 radical (unpaired) electrons. The van der Waals surface area contributed by atoms with Crippen molar-refractivity contribution in [3.8, 4) is 16.2 Å². The van der Waals surface area contributed by atoms with E-state index in [1.807, 2.05) is 30.4 Å². The molecule has 0 aliphatic carbocycles. The highest BCUT2D eigenvalue weighted by Gasteiger charge is 2.05. The second-order valence-corrected chi connectivity index (χ2v) is 5.43. The van der Waals surface area contributed by atoms with Gasteiger partial charge in [-0.1, -0.05) is 13.8 Å². The number of rotatable bonds is 4. The fourth-order valence-corrected chi connectivity index (χ4v) is 2.72. The van der Waals surface area contributed by atoms with Gasteiger partial charge in [0.05, 0.1) is 6.61 Å². The summed E-state index contributed by atoms with van der Waals surface area (Å²) in [5.74, 6) is 1.55. The van der Waals surface area contributed by atoms with Crippen LogP contribution in [-0.2, 0) is 0 Å². The molecule has 0 saturated heterocycles. The minimum absolute atomic E-state index is 0.608. The van der Waals surface area contributed by atoms with Gasteiger partial charge in [0.15, 0.2) is 0 Å². The predicted molar refractivity (Wildman–Crippen MR) is 75.0 cm³/mol. The molecule has 2 aromatic rings. The van der Waals surface area contributed by atoms with Gasteiger partial charge in [-0.05, 0) is 54.8 Å². The summed E-state index contributed by atoms with van der Waals surface area (Å²) in [6.07, 6.45) is 0. The second-order valence-electron chi connectivity index (χ2n) is 4.31. The molecule has 2 heteroatoms. The lowest BCUT2D eigenvalue weighted by Gasteiger charge is -2.03. The Bertz CT molecular complexity index is 468. The lowest BCUT2D eigenvalue weighted by molar-refractivity contribution is 0.340. The summed E-state index contributed by atoms with van der Waals surface area (Å²) in [5.41, 5.74) is 1.27. The quantitative estimate of drug-likeness (QED) is 0.742. The standard InChI is InChI=1S/C15H18OS/c1-4-16-13-7-5-12(6-8-13)15-10-9-14(17-15)11(2)3/h5-11H,4H2,1-3H3. The maximum Gasteiger partial charge on any atom is 0.119 e. The Hall–Kier alpha value is -1.28. The van der Waals surface area contributed by atoms with Crippen molar-refractivity contribution in [2.45, 2.75) is 26.7 Å². The zero-order valence-electron chi connectivity index (χ0n) is 10.6. The Kier molecular flexibility index (Phi) is 3.85. The summed E-state index contributed by atoms with van der Waals surface area (Å²) in [5, 5.41) is 0. The summed E-state index contributed by atoms with van der Waals surface area (Å²) >= 11 is 1.87. The average molecular weight is 246 g/mol. The Morgan fingerprint density at radius 2 is 1.76 bits per heavy atom. The smallest absolute Gasteiger partial charge is 0.119 e. The first-order valence-corrected chi connectivity index (χ1v) is 6.85. The molecule has 2 rings (SSSR count). The first-order chi connectivity index (χ1) is 8.20. The molecule has 0 amide bonds. The Labute approximate surface area is 107 Å². The third kappa shape index (κ3) is 2.89.